The molecule has 0 bridgehead atoms. The zero-order valence-corrected chi connectivity index (χ0v) is 17.4. The van der Waals surface area contributed by atoms with E-state index in [1.54, 1.807) is 6.92 Å². The first-order valence-corrected chi connectivity index (χ1v) is 10.4. The van der Waals surface area contributed by atoms with Gasteiger partial charge in [-0.05, 0) is 62.4 Å². The van der Waals surface area contributed by atoms with E-state index in [0.717, 1.165) is 42.6 Å². The highest BCUT2D eigenvalue weighted by Gasteiger charge is 2.27. The van der Waals surface area contributed by atoms with Crippen LogP contribution in [0.15, 0.2) is 24.3 Å². The molecule has 0 aliphatic heterocycles. The average Bonchev–Trinajstić information content (AvgIpc) is 3.04. The Balaban J connectivity index is 1.68. The number of hydrogen-bond donors (Lipinski definition) is 2. The summed E-state index contributed by atoms with van der Waals surface area (Å²) in [6, 6.07) is 7.87. The van der Waals surface area contributed by atoms with Gasteiger partial charge in [-0.25, -0.2) is 4.79 Å². The van der Waals surface area contributed by atoms with Gasteiger partial charge in [0.15, 0.2) is 0 Å². The molecule has 1 aliphatic carbocycles. The summed E-state index contributed by atoms with van der Waals surface area (Å²) in [7, 11) is 3.97. The van der Waals surface area contributed by atoms with Crippen molar-refractivity contribution in [1.82, 2.24) is 0 Å². The van der Waals surface area contributed by atoms with Crippen molar-refractivity contribution < 1.29 is 14.3 Å². The Morgan fingerprint density at radius 2 is 1.86 bits per heavy atom. The minimum atomic E-state index is -0.343. The Hall–Kier alpha value is -2.54. The van der Waals surface area contributed by atoms with E-state index in [2.05, 4.69) is 10.6 Å². The fourth-order valence-electron chi connectivity index (χ4n) is 3.30. The number of thiophene rings is 1. The van der Waals surface area contributed by atoms with Gasteiger partial charge in [0.05, 0.1) is 18.7 Å². The fourth-order valence-corrected chi connectivity index (χ4v) is 4.60. The Kier molecular flexibility index (Phi) is 6.57. The van der Waals surface area contributed by atoms with Crippen LogP contribution in [0.25, 0.3) is 0 Å². The summed E-state index contributed by atoms with van der Waals surface area (Å²) in [5.41, 5.74) is 3.57. The maximum atomic E-state index is 12.5. The second kappa shape index (κ2) is 9.10. The van der Waals surface area contributed by atoms with E-state index in [0.29, 0.717) is 17.2 Å². The number of nitrogens with zero attached hydrogens (tertiary/aromatic N) is 1. The molecule has 0 unspecified atom stereocenters. The first-order chi connectivity index (χ1) is 13.5. The zero-order chi connectivity index (χ0) is 20.1. The standard InChI is InChI=1S/C21H27N3O3S/c1-4-27-21(26)19-16-7-5-6-8-17(16)28-20(19)23-18(25)13-22-14-9-11-15(12-10-14)24(2)3/h9-12,22H,4-8,13H2,1-3H3,(H,23,25). The minimum absolute atomic E-state index is 0.131. The summed E-state index contributed by atoms with van der Waals surface area (Å²) >= 11 is 1.51. The lowest BCUT2D eigenvalue weighted by atomic mass is 9.95. The van der Waals surface area contributed by atoms with E-state index in [1.165, 1.54) is 16.2 Å². The molecular formula is C21H27N3O3S. The van der Waals surface area contributed by atoms with Crippen LogP contribution in [0.3, 0.4) is 0 Å². The lowest BCUT2D eigenvalue weighted by Crippen LogP contribution is -2.22. The number of ether oxygens (including phenoxy) is 1. The summed E-state index contributed by atoms with van der Waals surface area (Å²) in [5, 5.41) is 6.65. The van der Waals surface area contributed by atoms with Crippen molar-refractivity contribution in [2.45, 2.75) is 32.6 Å². The van der Waals surface area contributed by atoms with Crippen LogP contribution in [-0.4, -0.2) is 39.1 Å². The SMILES string of the molecule is CCOC(=O)c1c(NC(=O)CNc2ccc(N(C)C)cc2)sc2c1CCCC2. The molecule has 2 N–H and O–H groups in total. The maximum Gasteiger partial charge on any atom is 0.341 e. The summed E-state index contributed by atoms with van der Waals surface area (Å²) in [4.78, 5) is 28.2. The molecule has 150 valence electrons. The minimum Gasteiger partial charge on any atom is -0.462 e. The van der Waals surface area contributed by atoms with Gasteiger partial charge in [-0.2, -0.15) is 0 Å². The molecule has 1 aliphatic rings. The van der Waals surface area contributed by atoms with Gasteiger partial charge in [0.1, 0.15) is 5.00 Å². The molecule has 1 aromatic heterocycles. The second-order valence-corrected chi connectivity index (χ2v) is 8.08. The van der Waals surface area contributed by atoms with Gasteiger partial charge >= 0.3 is 5.97 Å². The van der Waals surface area contributed by atoms with Crippen LogP contribution in [0, 0.1) is 0 Å². The number of rotatable bonds is 7. The van der Waals surface area contributed by atoms with Crippen molar-refractivity contribution in [2.24, 2.45) is 0 Å². The molecule has 0 atom stereocenters. The molecule has 3 rings (SSSR count). The molecule has 1 heterocycles. The molecule has 0 saturated carbocycles. The third-order valence-electron chi connectivity index (χ3n) is 4.74. The van der Waals surface area contributed by atoms with Crippen LogP contribution in [0.2, 0.25) is 0 Å². The number of anilines is 3. The Labute approximate surface area is 169 Å². The van der Waals surface area contributed by atoms with Crippen molar-refractivity contribution >= 4 is 39.6 Å². The fraction of sp³-hybridized carbons (Fsp3) is 0.429. The highest BCUT2D eigenvalue weighted by molar-refractivity contribution is 7.17. The number of amides is 1. The van der Waals surface area contributed by atoms with Crippen molar-refractivity contribution in [2.75, 3.05) is 42.8 Å². The normalized spacial score (nSPS) is 12.8. The van der Waals surface area contributed by atoms with Crippen molar-refractivity contribution in [3.63, 3.8) is 0 Å². The summed E-state index contributed by atoms with van der Waals surface area (Å²) < 4.78 is 5.23. The van der Waals surface area contributed by atoms with Gasteiger partial charge in [-0.3, -0.25) is 4.79 Å². The Morgan fingerprint density at radius 1 is 1.14 bits per heavy atom. The van der Waals surface area contributed by atoms with E-state index < -0.39 is 0 Å². The third kappa shape index (κ3) is 4.65. The van der Waals surface area contributed by atoms with Crippen molar-refractivity contribution in [3.8, 4) is 0 Å². The second-order valence-electron chi connectivity index (χ2n) is 6.98. The highest BCUT2D eigenvalue weighted by Crippen LogP contribution is 2.38. The van der Waals surface area contributed by atoms with E-state index in [-0.39, 0.29) is 18.4 Å². The molecule has 6 nitrogen and oxygen atoms in total. The molecule has 0 spiro atoms. The van der Waals surface area contributed by atoms with Gasteiger partial charge in [-0.15, -0.1) is 11.3 Å². The molecule has 7 heteroatoms. The quantitative estimate of drug-likeness (QED) is 0.688. The van der Waals surface area contributed by atoms with Crippen LogP contribution in [0.1, 0.15) is 40.6 Å². The highest BCUT2D eigenvalue weighted by atomic mass is 32.1. The van der Waals surface area contributed by atoms with Crippen LogP contribution >= 0.6 is 11.3 Å². The predicted octanol–water partition coefficient (Wildman–Crippen LogP) is 3.92. The lowest BCUT2D eigenvalue weighted by Gasteiger charge is -2.13. The van der Waals surface area contributed by atoms with Crippen LogP contribution in [-0.2, 0) is 22.4 Å². The largest absolute Gasteiger partial charge is 0.462 e. The smallest absolute Gasteiger partial charge is 0.341 e. The van der Waals surface area contributed by atoms with Gasteiger partial charge < -0.3 is 20.3 Å². The summed E-state index contributed by atoms with van der Waals surface area (Å²) in [6.07, 6.45) is 4.01. The van der Waals surface area contributed by atoms with Gasteiger partial charge in [0, 0.05) is 30.3 Å². The number of carbonyl (C=O) groups is 2. The summed E-state index contributed by atoms with van der Waals surface area (Å²) in [6.45, 7) is 2.24. The predicted molar refractivity (Wildman–Crippen MR) is 115 cm³/mol. The number of fused-ring (bicyclic) bond motifs is 1. The Bertz CT molecular complexity index is 843. The molecule has 1 aromatic carbocycles. The summed E-state index contributed by atoms with van der Waals surface area (Å²) in [5.74, 6) is -0.523. The van der Waals surface area contributed by atoms with Crippen molar-refractivity contribution in [3.05, 3.63) is 40.3 Å². The van der Waals surface area contributed by atoms with Crippen LogP contribution in [0.4, 0.5) is 16.4 Å². The first-order valence-electron chi connectivity index (χ1n) is 9.62. The maximum absolute atomic E-state index is 12.5. The molecule has 1 amide bonds. The van der Waals surface area contributed by atoms with Gasteiger partial charge in [0.2, 0.25) is 5.91 Å². The monoisotopic (exact) mass is 401 g/mol. The molecular weight excluding hydrogens is 374 g/mol. The third-order valence-corrected chi connectivity index (χ3v) is 5.95. The van der Waals surface area contributed by atoms with E-state index in [1.807, 2.05) is 43.3 Å². The number of benzene rings is 1. The lowest BCUT2D eigenvalue weighted by molar-refractivity contribution is -0.114. The van der Waals surface area contributed by atoms with Crippen LogP contribution < -0.4 is 15.5 Å². The van der Waals surface area contributed by atoms with E-state index in [9.17, 15) is 9.59 Å². The topological polar surface area (TPSA) is 70.7 Å². The number of aryl methyl sites for hydroxylation is 1. The van der Waals surface area contributed by atoms with Gasteiger partial charge in [0.25, 0.3) is 0 Å². The number of carbonyl (C=O) groups excluding carboxylic acids is 2. The zero-order valence-electron chi connectivity index (χ0n) is 16.6. The molecule has 2 aromatic rings. The van der Waals surface area contributed by atoms with E-state index in [4.69, 9.17) is 4.74 Å². The average molecular weight is 402 g/mol. The molecule has 0 fully saturated rings. The Morgan fingerprint density at radius 3 is 2.54 bits per heavy atom. The van der Waals surface area contributed by atoms with Crippen LogP contribution in [0.5, 0.6) is 0 Å². The number of hydrogen-bond acceptors (Lipinski definition) is 6. The number of nitrogens with one attached hydrogen (secondary N) is 2. The molecule has 28 heavy (non-hydrogen) atoms. The first kappa shape index (κ1) is 20.2. The molecule has 0 saturated heterocycles. The van der Waals surface area contributed by atoms with Gasteiger partial charge in [-0.1, -0.05) is 0 Å². The van der Waals surface area contributed by atoms with E-state index >= 15 is 0 Å². The number of esters is 1. The van der Waals surface area contributed by atoms with Crippen molar-refractivity contribution in [1.29, 1.82) is 0 Å². The molecule has 0 radical (unpaired) electrons.